The Morgan fingerprint density at radius 3 is 2.85 bits per heavy atom. The van der Waals surface area contributed by atoms with Crippen molar-refractivity contribution >= 4 is 11.8 Å². The van der Waals surface area contributed by atoms with Crippen LogP contribution in [0.15, 0.2) is 6.20 Å². The minimum Gasteiger partial charge on any atom is -0.378 e. The zero-order valence-electron chi connectivity index (χ0n) is 12.2. The van der Waals surface area contributed by atoms with Gasteiger partial charge >= 0.3 is 0 Å². The summed E-state index contributed by atoms with van der Waals surface area (Å²) in [5.41, 5.74) is 0. The van der Waals surface area contributed by atoms with E-state index in [1.165, 1.54) is 31.9 Å². The number of halogens is 1. The fraction of sp³-hybridized carbons (Fsp3) is 0.714. The fourth-order valence-corrected chi connectivity index (χ4v) is 2.33. The van der Waals surface area contributed by atoms with Gasteiger partial charge in [0.15, 0.2) is 11.6 Å². The van der Waals surface area contributed by atoms with Crippen LogP contribution in [0, 0.1) is 5.82 Å². The molecular weight excluding hydrogens is 259 g/mol. The topological polar surface area (TPSA) is 50.3 Å². The molecule has 0 radical (unpaired) electrons. The number of nitrogens with zero attached hydrogens (tertiary/aromatic N) is 3. The van der Waals surface area contributed by atoms with Crippen LogP contribution in [0.4, 0.5) is 16.2 Å². The van der Waals surface area contributed by atoms with Crippen LogP contribution in [0.1, 0.15) is 32.1 Å². The summed E-state index contributed by atoms with van der Waals surface area (Å²) in [5, 5.41) is 3.10. The maximum absolute atomic E-state index is 13.4. The Kier molecular flexibility index (Phi) is 5.52. The molecule has 1 heterocycles. The van der Waals surface area contributed by atoms with Crippen molar-refractivity contribution in [2.24, 2.45) is 0 Å². The van der Waals surface area contributed by atoms with Crippen molar-refractivity contribution in [3.63, 3.8) is 0 Å². The van der Waals surface area contributed by atoms with Gasteiger partial charge in [-0.1, -0.05) is 12.8 Å². The molecular formula is C14H23FN4O. The second-order valence-electron chi connectivity index (χ2n) is 5.32. The van der Waals surface area contributed by atoms with Crippen LogP contribution in [-0.4, -0.2) is 43.3 Å². The molecule has 1 N–H and O–H groups in total. The first-order valence-corrected chi connectivity index (χ1v) is 7.22. The summed E-state index contributed by atoms with van der Waals surface area (Å²) in [4.78, 5) is 9.70. The largest absolute Gasteiger partial charge is 0.378 e. The van der Waals surface area contributed by atoms with E-state index >= 15 is 0 Å². The quantitative estimate of drug-likeness (QED) is 0.778. The average Bonchev–Trinajstić information content (AvgIpc) is 2.93. The van der Waals surface area contributed by atoms with Crippen LogP contribution >= 0.6 is 0 Å². The van der Waals surface area contributed by atoms with Gasteiger partial charge in [-0.05, 0) is 19.3 Å². The third-order valence-electron chi connectivity index (χ3n) is 3.41. The molecule has 0 spiro atoms. The number of aromatic nitrogens is 2. The summed E-state index contributed by atoms with van der Waals surface area (Å²) >= 11 is 0. The van der Waals surface area contributed by atoms with Gasteiger partial charge in [-0.15, -0.1) is 0 Å². The van der Waals surface area contributed by atoms with E-state index < -0.39 is 5.82 Å². The van der Waals surface area contributed by atoms with Crippen molar-refractivity contribution in [1.82, 2.24) is 9.97 Å². The molecule has 0 unspecified atom stereocenters. The molecule has 0 amide bonds. The molecule has 0 saturated heterocycles. The molecule has 0 bridgehead atoms. The molecule has 1 fully saturated rings. The highest BCUT2D eigenvalue weighted by atomic mass is 19.1. The fourth-order valence-electron chi connectivity index (χ4n) is 2.33. The molecule has 0 aliphatic heterocycles. The second-order valence-corrected chi connectivity index (χ2v) is 5.32. The van der Waals surface area contributed by atoms with Crippen molar-refractivity contribution in [3.8, 4) is 0 Å². The number of hydrogen-bond acceptors (Lipinski definition) is 5. The molecule has 1 aromatic heterocycles. The molecule has 1 aliphatic rings. The predicted octanol–water partition coefficient (Wildman–Crippen LogP) is 2.44. The van der Waals surface area contributed by atoms with Gasteiger partial charge in [-0.25, -0.2) is 9.37 Å². The SMILES string of the molecule is CN(C)c1nc(NCCCOC2CCCC2)ncc1F. The van der Waals surface area contributed by atoms with E-state index in [1.807, 2.05) is 0 Å². The minimum absolute atomic E-state index is 0.296. The number of hydrogen-bond donors (Lipinski definition) is 1. The number of rotatable bonds is 7. The first-order valence-electron chi connectivity index (χ1n) is 7.22. The van der Waals surface area contributed by atoms with Gasteiger partial charge in [0, 0.05) is 27.2 Å². The van der Waals surface area contributed by atoms with Gasteiger partial charge in [-0.3, -0.25) is 0 Å². The standard InChI is InChI=1S/C14H23FN4O/c1-19(2)13-12(15)10-17-14(18-13)16-8-5-9-20-11-6-3-4-7-11/h10-11H,3-9H2,1-2H3,(H,16,17,18). The van der Waals surface area contributed by atoms with Gasteiger partial charge in [0.05, 0.1) is 12.3 Å². The van der Waals surface area contributed by atoms with Crippen molar-refractivity contribution in [3.05, 3.63) is 12.0 Å². The summed E-state index contributed by atoms with van der Waals surface area (Å²) in [6, 6.07) is 0. The summed E-state index contributed by atoms with van der Waals surface area (Å²) in [5.74, 6) is 0.339. The van der Waals surface area contributed by atoms with E-state index in [9.17, 15) is 4.39 Å². The molecule has 1 aromatic rings. The van der Waals surface area contributed by atoms with Gasteiger partial charge in [-0.2, -0.15) is 4.98 Å². The van der Waals surface area contributed by atoms with E-state index in [0.717, 1.165) is 19.6 Å². The van der Waals surface area contributed by atoms with Crippen LogP contribution in [-0.2, 0) is 4.74 Å². The van der Waals surface area contributed by atoms with Crippen LogP contribution in [0.25, 0.3) is 0 Å². The highest BCUT2D eigenvalue weighted by molar-refractivity contribution is 5.42. The molecule has 5 nitrogen and oxygen atoms in total. The molecule has 0 aromatic carbocycles. The average molecular weight is 282 g/mol. The van der Waals surface area contributed by atoms with Crippen molar-refractivity contribution in [1.29, 1.82) is 0 Å². The third-order valence-corrected chi connectivity index (χ3v) is 3.41. The van der Waals surface area contributed by atoms with E-state index in [4.69, 9.17) is 4.74 Å². The van der Waals surface area contributed by atoms with Gasteiger partial charge in [0.1, 0.15) is 0 Å². The van der Waals surface area contributed by atoms with Gasteiger partial charge in [0.25, 0.3) is 0 Å². The first-order chi connectivity index (χ1) is 9.66. The zero-order valence-corrected chi connectivity index (χ0v) is 12.2. The van der Waals surface area contributed by atoms with E-state index in [1.54, 1.807) is 19.0 Å². The Balaban J connectivity index is 1.69. The number of anilines is 2. The lowest BCUT2D eigenvalue weighted by molar-refractivity contribution is 0.0583. The van der Waals surface area contributed by atoms with Crippen LogP contribution in [0.2, 0.25) is 0 Å². The second kappa shape index (κ2) is 7.38. The summed E-state index contributed by atoms with van der Waals surface area (Å²) < 4.78 is 19.2. The number of ether oxygens (including phenoxy) is 1. The maximum Gasteiger partial charge on any atom is 0.224 e. The molecule has 20 heavy (non-hydrogen) atoms. The van der Waals surface area contributed by atoms with Crippen LogP contribution in [0.5, 0.6) is 0 Å². The highest BCUT2D eigenvalue weighted by Gasteiger charge is 2.14. The molecule has 112 valence electrons. The van der Waals surface area contributed by atoms with Crippen LogP contribution in [0.3, 0.4) is 0 Å². The molecule has 1 saturated carbocycles. The predicted molar refractivity (Wildman–Crippen MR) is 77.6 cm³/mol. The normalized spacial score (nSPS) is 15.6. The third kappa shape index (κ3) is 4.30. The molecule has 2 rings (SSSR count). The van der Waals surface area contributed by atoms with Crippen molar-refractivity contribution in [2.45, 2.75) is 38.2 Å². The lowest BCUT2D eigenvalue weighted by Gasteiger charge is -2.14. The monoisotopic (exact) mass is 282 g/mol. The van der Waals surface area contributed by atoms with Gasteiger partial charge in [0.2, 0.25) is 5.95 Å². The smallest absolute Gasteiger partial charge is 0.224 e. The molecule has 6 heteroatoms. The Bertz CT molecular complexity index is 422. The van der Waals surface area contributed by atoms with Crippen molar-refractivity contribution in [2.75, 3.05) is 37.5 Å². The Morgan fingerprint density at radius 2 is 2.15 bits per heavy atom. The highest BCUT2D eigenvalue weighted by Crippen LogP contribution is 2.20. The summed E-state index contributed by atoms with van der Waals surface area (Å²) in [6.45, 7) is 1.48. The van der Waals surface area contributed by atoms with Crippen molar-refractivity contribution < 1.29 is 9.13 Å². The lowest BCUT2D eigenvalue weighted by Crippen LogP contribution is -2.16. The van der Waals surface area contributed by atoms with E-state index in [0.29, 0.717) is 17.9 Å². The van der Waals surface area contributed by atoms with Gasteiger partial charge < -0.3 is 15.0 Å². The zero-order chi connectivity index (χ0) is 14.4. The Labute approximate surface area is 119 Å². The Hall–Kier alpha value is -1.43. The maximum atomic E-state index is 13.4. The summed E-state index contributed by atoms with van der Waals surface area (Å²) in [7, 11) is 3.51. The van der Waals surface area contributed by atoms with E-state index in [-0.39, 0.29) is 0 Å². The van der Waals surface area contributed by atoms with E-state index in [2.05, 4.69) is 15.3 Å². The first kappa shape index (κ1) is 15.0. The summed E-state index contributed by atoms with van der Waals surface area (Å²) in [6.07, 6.45) is 7.52. The Morgan fingerprint density at radius 1 is 1.40 bits per heavy atom. The molecule has 0 atom stereocenters. The lowest BCUT2D eigenvalue weighted by atomic mass is 10.3. The molecule has 1 aliphatic carbocycles. The number of nitrogens with one attached hydrogen (secondary N) is 1. The van der Waals surface area contributed by atoms with Crippen LogP contribution < -0.4 is 10.2 Å². The minimum atomic E-state index is -0.412.